The summed E-state index contributed by atoms with van der Waals surface area (Å²) in [5.41, 5.74) is 0.984. The maximum absolute atomic E-state index is 11.6. The van der Waals surface area contributed by atoms with Crippen LogP contribution in [0.4, 0.5) is 5.69 Å². The maximum Gasteiger partial charge on any atom is 0.241 e. The van der Waals surface area contributed by atoms with Gasteiger partial charge in [-0.2, -0.15) is 0 Å². The molecule has 0 heterocycles. The molecule has 1 aromatic carbocycles. The minimum atomic E-state index is 0.142. The van der Waals surface area contributed by atoms with Crippen LogP contribution in [0.1, 0.15) is 13.8 Å². The summed E-state index contributed by atoms with van der Waals surface area (Å²) in [4.78, 5) is 13.5. The summed E-state index contributed by atoms with van der Waals surface area (Å²) in [6.45, 7) is 5.89. The molecule has 0 saturated heterocycles. The molecular formula is C12H18N2O. The van der Waals surface area contributed by atoms with Gasteiger partial charge >= 0.3 is 0 Å². The Bertz CT molecular complexity index is 294. The van der Waals surface area contributed by atoms with Gasteiger partial charge in [0, 0.05) is 18.8 Å². The minimum Gasteiger partial charge on any atom is -0.376 e. The van der Waals surface area contributed by atoms with E-state index in [0.717, 1.165) is 18.8 Å². The van der Waals surface area contributed by atoms with Gasteiger partial charge in [-0.3, -0.25) is 4.79 Å². The first kappa shape index (κ1) is 11.6. The van der Waals surface area contributed by atoms with E-state index in [-0.39, 0.29) is 5.91 Å². The number of nitrogens with one attached hydrogen (secondary N) is 1. The fraction of sp³-hybridized carbons (Fsp3) is 0.417. The normalized spacial score (nSPS) is 9.73. The van der Waals surface area contributed by atoms with Crippen LogP contribution in [0.2, 0.25) is 0 Å². The molecule has 3 heteroatoms. The van der Waals surface area contributed by atoms with Gasteiger partial charge in [0.25, 0.3) is 0 Å². The zero-order valence-corrected chi connectivity index (χ0v) is 9.36. The van der Waals surface area contributed by atoms with Gasteiger partial charge in [-0.05, 0) is 26.0 Å². The molecule has 1 aromatic rings. The lowest BCUT2D eigenvalue weighted by Gasteiger charge is -2.19. The molecular weight excluding hydrogens is 188 g/mol. The molecule has 0 spiro atoms. The minimum absolute atomic E-state index is 0.142. The molecule has 0 aliphatic heterocycles. The predicted molar refractivity (Wildman–Crippen MR) is 62.9 cm³/mol. The Morgan fingerprint density at radius 1 is 1.20 bits per heavy atom. The number of carbonyl (C=O) groups excluding carboxylic acids is 1. The van der Waals surface area contributed by atoms with Crippen molar-refractivity contribution in [2.75, 3.05) is 25.0 Å². The number of nitrogens with zero attached hydrogens (tertiary/aromatic N) is 1. The van der Waals surface area contributed by atoms with Gasteiger partial charge in [-0.1, -0.05) is 18.2 Å². The molecule has 1 N–H and O–H groups in total. The third-order valence-corrected chi connectivity index (χ3v) is 2.33. The van der Waals surface area contributed by atoms with Crippen molar-refractivity contribution in [2.45, 2.75) is 13.8 Å². The Balaban J connectivity index is 2.40. The zero-order valence-electron chi connectivity index (χ0n) is 9.36. The quantitative estimate of drug-likeness (QED) is 0.798. The van der Waals surface area contributed by atoms with Gasteiger partial charge in [-0.25, -0.2) is 0 Å². The SMILES string of the molecule is CCN(CC)C(=O)CNc1ccccc1. The van der Waals surface area contributed by atoms with Crippen LogP contribution in [0.15, 0.2) is 30.3 Å². The van der Waals surface area contributed by atoms with Crippen molar-refractivity contribution >= 4 is 11.6 Å². The summed E-state index contributed by atoms with van der Waals surface area (Å²) < 4.78 is 0. The lowest BCUT2D eigenvalue weighted by atomic mass is 10.3. The molecule has 0 saturated carbocycles. The van der Waals surface area contributed by atoms with Crippen molar-refractivity contribution in [2.24, 2.45) is 0 Å². The molecule has 1 amide bonds. The van der Waals surface area contributed by atoms with Gasteiger partial charge in [0.1, 0.15) is 0 Å². The summed E-state index contributed by atoms with van der Waals surface area (Å²) in [6, 6.07) is 9.76. The summed E-state index contributed by atoms with van der Waals surface area (Å²) >= 11 is 0. The van der Waals surface area contributed by atoms with Crippen LogP contribution in [-0.4, -0.2) is 30.4 Å². The molecule has 15 heavy (non-hydrogen) atoms. The molecule has 0 bridgehead atoms. The lowest BCUT2D eigenvalue weighted by Crippen LogP contribution is -2.35. The summed E-state index contributed by atoms with van der Waals surface area (Å²) in [6.07, 6.45) is 0. The van der Waals surface area contributed by atoms with Crippen LogP contribution in [0.5, 0.6) is 0 Å². The van der Waals surface area contributed by atoms with E-state index < -0.39 is 0 Å². The second-order valence-corrected chi connectivity index (χ2v) is 3.29. The average Bonchev–Trinajstić information content (AvgIpc) is 2.29. The molecule has 1 rings (SSSR count). The Morgan fingerprint density at radius 3 is 2.33 bits per heavy atom. The lowest BCUT2D eigenvalue weighted by molar-refractivity contribution is -0.128. The molecule has 3 nitrogen and oxygen atoms in total. The van der Waals surface area contributed by atoms with E-state index in [0.29, 0.717) is 6.54 Å². The number of carbonyl (C=O) groups is 1. The number of likely N-dealkylation sites (N-methyl/N-ethyl adjacent to an activating group) is 1. The van der Waals surface area contributed by atoms with Crippen molar-refractivity contribution in [1.29, 1.82) is 0 Å². The van der Waals surface area contributed by atoms with Crippen molar-refractivity contribution in [3.63, 3.8) is 0 Å². The fourth-order valence-corrected chi connectivity index (χ4v) is 1.42. The van der Waals surface area contributed by atoms with E-state index in [2.05, 4.69) is 5.32 Å². The third kappa shape index (κ3) is 3.62. The number of hydrogen-bond acceptors (Lipinski definition) is 2. The predicted octanol–water partition coefficient (Wildman–Crippen LogP) is 1.97. The first-order chi connectivity index (χ1) is 7.27. The molecule has 0 aromatic heterocycles. The van der Waals surface area contributed by atoms with Crippen LogP contribution < -0.4 is 5.32 Å². The molecule has 0 fully saturated rings. The topological polar surface area (TPSA) is 32.3 Å². The molecule has 0 aliphatic carbocycles. The summed E-state index contributed by atoms with van der Waals surface area (Å²) in [5.74, 6) is 0.142. The number of hydrogen-bond donors (Lipinski definition) is 1. The van der Waals surface area contributed by atoms with E-state index in [1.54, 1.807) is 0 Å². The molecule has 0 unspecified atom stereocenters. The Labute approximate surface area is 91.1 Å². The Kier molecular flexibility index (Phi) is 4.68. The van der Waals surface area contributed by atoms with Gasteiger partial charge in [0.05, 0.1) is 6.54 Å². The van der Waals surface area contributed by atoms with E-state index in [4.69, 9.17) is 0 Å². The summed E-state index contributed by atoms with van der Waals surface area (Å²) in [7, 11) is 0. The standard InChI is InChI=1S/C12H18N2O/c1-3-14(4-2)12(15)10-13-11-8-6-5-7-9-11/h5-9,13H,3-4,10H2,1-2H3. The first-order valence-electron chi connectivity index (χ1n) is 5.34. The van der Waals surface area contributed by atoms with Gasteiger partial charge in [0.15, 0.2) is 0 Å². The second kappa shape index (κ2) is 6.06. The van der Waals surface area contributed by atoms with E-state index in [1.807, 2.05) is 49.1 Å². The highest BCUT2D eigenvalue weighted by Crippen LogP contribution is 2.04. The number of rotatable bonds is 5. The smallest absolute Gasteiger partial charge is 0.241 e. The third-order valence-electron chi connectivity index (χ3n) is 2.33. The average molecular weight is 206 g/mol. The fourth-order valence-electron chi connectivity index (χ4n) is 1.42. The maximum atomic E-state index is 11.6. The highest BCUT2D eigenvalue weighted by atomic mass is 16.2. The number of benzene rings is 1. The van der Waals surface area contributed by atoms with E-state index >= 15 is 0 Å². The van der Waals surface area contributed by atoms with Gasteiger partial charge < -0.3 is 10.2 Å². The molecule has 0 aliphatic rings. The van der Waals surface area contributed by atoms with Crippen molar-refractivity contribution in [3.8, 4) is 0 Å². The van der Waals surface area contributed by atoms with Crippen molar-refractivity contribution in [1.82, 2.24) is 4.90 Å². The van der Waals surface area contributed by atoms with Crippen LogP contribution in [0, 0.1) is 0 Å². The monoisotopic (exact) mass is 206 g/mol. The Hall–Kier alpha value is -1.51. The van der Waals surface area contributed by atoms with Crippen molar-refractivity contribution in [3.05, 3.63) is 30.3 Å². The van der Waals surface area contributed by atoms with Gasteiger partial charge in [0.2, 0.25) is 5.91 Å². The highest BCUT2D eigenvalue weighted by molar-refractivity contribution is 5.80. The van der Waals surface area contributed by atoms with E-state index in [9.17, 15) is 4.79 Å². The van der Waals surface area contributed by atoms with Crippen LogP contribution >= 0.6 is 0 Å². The molecule has 0 atom stereocenters. The van der Waals surface area contributed by atoms with Crippen LogP contribution in [0.25, 0.3) is 0 Å². The molecule has 82 valence electrons. The summed E-state index contributed by atoms with van der Waals surface area (Å²) in [5, 5.41) is 3.10. The Morgan fingerprint density at radius 2 is 1.80 bits per heavy atom. The molecule has 0 radical (unpaired) electrons. The second-order valence-electron chi connectivity index (χ2n) is 3.29. The largest absolute Gasteiger partial charge is 0.376 e. The number of para-hydroxylation sites is 1. The van der Waals surface area contributed by atoms with E-state index in [1.165, 1.54) is 0 Å². The van der Waals surface area contributed by atoms with Gasteiger partial charge in [-0.15, -0.1) is 0 Å². The first-order valence-corrected chi connectivity index (χ1v) is 5.34. The highest BCUT2D eigenvalue weighted by Gasteiger charge is 2.07. The number of anilines is 1. The van der Waals surface area contributed by atoms with Crippen LogP contribution in [0.3, 0.4) is 0 Å². The van der Waals surface area contributed by atoms with Crippen molar-refractivity contribution < 1.29 is 4.79 Å². The number of amides is 1. The van der Waals surface area contributed by atoms with Crippen LogP contribution in [-0.2, 0) is 4.79 Å². The zero-order chi connectivity index (χ0) is 11.1.